The first kappa shape index (κ1) is 23.8. The molecule has 1 aliphatic heterocycles. The zero-order chi connectivity index (χ0) is 23.8. The summed E-state index contributed by atoms with van der Waals surface area (Å²) < 4.78 is 29.9. The van der Waals surface area contributed by atoms with Crippen LogP contribution in [0.4, 0.5) is 14.6 Å². The third-order valence-electron chi connectivity index (χ3n) is 7.41. The summed E-state index contributed by atoms with van der Waals surface area (Å²) in [7, 11) is 0. The third kappa shape index (κ3) is 5.25. The second kappa shape index (κ2) is 9.47. The Hall–Kier alpha value is -2.38. The van der Waals surface area contributed by atoms with Crippen molar-refractivity contribution in [2.75, 3.05) is 12.3 Å². The minimum Gasteiger partial charge on any atom is -0.390 e. The van der Waals surface area contributed by atoms with Gasteiger partial charge in [0.05, 0.1) is 11.2 Å². The zero-order valence-corrected chi connectivity index (χ0v) is 19.4. The molecule has 178 valence electrons. The van der Waals surface area contributed by atoms with E-state index >= 15 is 4.39 Å². The number of halogens is 2. The summed E-state index contributed by atoms with van der Waals surface area (Å²) in [5.41, 5.74) is 6.27. The Kier molecular flexibility index (Phi) is 6.82. The summed E-state index contributed by atoms with van der Waals surface area (Å²) in [6.45, 7) is 5.18. The van der Waals surface area contributed by atoms with Gasteiger partial charge in [0.2, 0.25) is 0 Å². The maximum absolute atomic E-state index is 15.0. The summed E-state index contributed by atoms with van der Waals surface area (Å²) in [6.07, 6.45) is 6.66. The molecular formula is C26H33F2N3O2. The van der Waals surface area contributed by atoms with Gasteiger partial charge < -0.3 is 10.8 Å². The van der Waals surface area contributed by atoms with E-state index in [0.29, 0.717) is 43.0 Å². The molecular weight excluding hydrogens is 424 g/mol. The van der Waals surface area contributed by atoms with Crippen molar-refractivity contribution in [3.8, 4) is 11.1 Å². The van der Waals surface area contributed by atoms with Crippen LogP contribution in [0.3, 0.4) is 0 Å². The molecule has 3 N–H and O–H groups in total. The SMILES string of the molecule is C[C@@H]1CCCN1Cc1ccc(-c2cnc(N)c(C(=O)CC3CCC(C)(O)CC3)c2)c(F)c1F. The molecule has 1 aromatic carbocycles. The molecule has 4 rings (SSSR count). The number of aliphatic hydroxyl groups is 1. The molecule has 5 nitrogen and oxygen atoms in total. The number of carbonyl (C=O) groups excluding carboxylic acids is 1. The van der Waals surface area contributed by atoms with E-state index in [0.717, 1.165) is 32.2 Å². The van der Waals surface area contributed by atoms with Gasteiger partial charge in [-0.2, -0.15) is 0 Å². The molecule has 33 heavy (non-hydrogen) atoms. The number of Topliss-reactive ketones (excluding diaryl/α,β-unsaturated/α-hetero) is 1. The fraction of sp³-hybridized carbons (Fsp3) is 0.538. The highest BCUT2D eigenvalue weighted by molar-refractivity contribution is 6.01. The lowest BCUT2D eigenvalue weighted by Crippen LogP contribution is -2.31. The molecule has 1 atom stereocenters. The molecule has 1 aliphatic carbocycles. The van der Waals surface area contributed by atoms with Gasteiger partial charge in [0.1, 0.15) is 5.82 Å². The Balaban J connectivity index is 1.53. The van der Waals surface area contributed by atoms with Crippen LogP contribution in [0.25, 0.3) is 11.1 Å². The fourth-order valence-electron chi connectivity index (χ4n) is 5.10. The molecule has 1 saturated heterocycles. The largest absolute Gasteiger partial charge is 0.390 e. The topological polar surface area (TPSA) is 79.5 Å². The maximum Gasteiger partial charge on any atom is 0.167 e. The average Bonchev–Trinajstić information content (AvgIpc) is 3.18. The Morgan fingerprint density at radius 3 is 2.64 bits per heavy atom. The van der Waals surface area contributed by atoms with Gasteiger partial charge in [-0.25, -0.2) is 13.8 Å². The second-order valence-electron chi connectivity index (χ2n) is 10.1. The lowest BCUT2D eigenvalue weighted by atomic mass is 9.77. The maximum atomic E-state index is 15.0. The molecule has 0 amide bonds. The monoisotopic (exact) mass is 457 g/mol. The van der Waals surface area contributed by atoms with E-state index in [1.165, 1.54) is 12.3 Å². The molecule has 2 fully saturated rings. The van der Waals surface area contributed by atoms with E-state index in [-0.39, 0.29) is 28.6 Å². The Morgan fingerprint density at radius 2 is 1.97 bits per heavy atom. The van der Waals surface area contributed by atoms with Crippen molar-refractivity contribution in [3.63, 3.8) is 0 Å². The highest BCUT2D eigenvalue weighted by atomic mass is 19.2. The van der Waals surface area contributed by atoms with Gasteiger partial charge in [0, 0.05) is 41.9 Å². The molecule has 2 heterocycles. The summed E-state index contributed by atoms with van der Waals surface area (Å²) in [6, 6.07) is 5.05. The number of carbonyl (C=O) groups is 1. The van der Waals surface area contributed by atoms with Gasteiger partial charge >= 0.3 is 0 Å². The van der Waals surface area contributed by atoms with Gasteiger partial charge in [-0.1, -0.05) is 12.1 Å². The first-order valence-electron chi connectivity index (χ1n) is 11.9. The highest BCUT2D eigenvalue weighted by Crippen LogP contribution is 2.35. The van der Waals surface area contributed by atoms with E-state index in [2.05, 4.69) is 16.8 Å². The highest BCUT2D eigenvalue weighted by Gasteiger charge is 2.30. The standard InChI is InChI=1S/C26H33F2N3O2/c1-16-4-3-11-31(16)15-18-5-6-20(24(28)23(18)27)19-13-21(25(29)30-14-19)22(32)12-17-7-9-26(2,33)10-8-17/h5-6,13-14,16-17,33H,3-4,7-12,15H2,1-2H3,(H2,29,30)/t16-,17?,26?/m1/s1. The predicted octanol–water partition coefficient (Wildman–Crippen LogP) is 5.11. The van der Waals surface area contributed by atoms with Gasteiger partial charge in [-0.3, -0.25) is 9.69 Å². The lowest BCUT2D eigenvalue weighted by Gasteiger charge is -2.32. The van der Waals surface area contributed by atoms with Gasteiger partial charge in [-0.15, -0.1) is 0 Å². The molecule has 0 radical (unpaired) electrons. The number of nitrogens with zero attached hydrogens (tertiary/aromatic N) is 2. The van der Waals surface area contributed by atoms with Crippen molar-refractivity contribution in [2.24, 2.45) is 5.92 Å². The molecule has 7 heteroatoms. The average molecular weight is 458 g/mol. The molecule has 1 saturated carbocycles. The molecule has 0 unspecified atom stereocenters. The first-order chi connectivity index (χ1) is 15.6. The minimum atomic E-state index is -0.932. The van der Waals surface area contributed by atoms with Crippen molar-refractivity contribution in [1.82, 2.24) is 9.88 Å². The quantitative estimate of drug-likeness (QED) is 0.590. The van der Waals surface area contributed by atoms with Crippen molar-refractivity contribution in [3.05, 3.63) is 47.2 Å². The van der Waals surface area contributed by atoms with Crippen LogP contribution in [0.5, 0.6) is 0 Å². The van der Waals surface area contributed by atoms with Crippen LogP contribution in [-0.4, -0.2) is 39.0 Å². The number of pyridine rings is 1. The van der Waals surface area contributed by atoms with E-state index < -0.39 is 17.2 Å². The molecule has 2 aliphatic rings. The van der Waals surface area contributed by atoms with Crippen LogP contribution in [0, 0.1) is 17.6 Å². The molecule has 0 spiro atoms. The van der Waals surface area contributed by atoms with Crippen LogP contribution in [0.15, 0.2) is 24.4 Å². The normalized spacial score (nSPS) is 26.0. The van der Waals surface area contributed by atoms with Gasteiger partial charge in [0.25, 0.3) is 0 Å². The number of aromatic nitrogens is 1. The van der Waals surface area contributed by atoms with Crippen LogP contribution >= 0.6 is 0 Å². The predicted molar refractivity (Wildman–Crippen MR) is 125 cm³/mol. The summed E-state index contributed by atoms with van der Waals surface area (Å²) >= 11 is 0. The number of anilines is 1. The smallest absolute Gasteiger partial charge is 0.167 e. The van der Waals surface area contributed by atoms with E-state index in [1.807, 2.05) is 6.92 Å². The lowest BCUT2D eigenvalue weighted by molar-refractivity contribution is 0.00722. The first-order valence-corrected chi connectivity index (χ1v) is 11.9. The molecule has 1 aromatic heterocycles. The number of rotatable bonds is 6. The van der Waals surface area contributed by atoms with Gasteiger partial charge in [0.15, 0.2) is 17.4 Å². The molecule has 0 bridgehead atoms. The number of nitrogen functional groups attached to an aromatic ring is 1. The number of hydrogen-bond acceptors (Lipinski definition) is 5. The van der Waals surface area contributed by atoms with E-state index in [9.17, 15) is 14.3 Å². The fourth-order valence-corrected chi connectivity index (χ4v) is 5.10. The van der Waals surface area contributed by atoms with Crippen molar-refractivity contribution in [2.45, 2.75) is 77.0 Å². The number of likely N-dealkylation sites (tertiary alicyclic amines) is 1. The molecule has 2 aromatic rings. The number of hydrogen-bond donors (Lipinski definition) is 2. The summed E-state index contributed by atoms with van der Waals surface area (Å²) in [5, 5.41) is 10.1. The Morgan fingerprint density at radius 1 is 1.24 bits per heavy atom. The van der Waals surface area contributed by atoms with Crippen LogP contribution in [-0.2, 0) is 6.54 Å². The Labute approximate surface area is 194 Å². The van der Waals surface area contributed by atoms with E-state index in [1.54, 1.807) is 12.1 Å². The Bertz CT molecular complexity index is 1030. The van der Waals surface area contributed by atoms with Crippen molar-refractivity contribution >= 4 is 11.6 Å². The third-order valence-corrected chi connectivity index (χ3v) is 7.41. The number of nitrogens with two attached hydrogens (primary N) is 1. The summed E-state index contributed by atoms with van der Waals surface area (Å²) in [4.78, 5) is 19.2. The number of ketones is 1. The number of benzene rings is 1. The van der Waals surface area contributed by atoms with Gasteiger partial charge in [-0.05, 0) is 70.9 Å². The van der Waals surface area contributed by atoms with Crippen molar-refractivity contribution < 1.29 is 18.7 Å². The van der Waals surface area contributed by atoms with E-state index in [4.69, 9.17) is 5.73 Å². The van der Waals surface area contributed by atoms with Crippen molar-refractivity contribution in [1.29, 1.82) is 0 Å². The van der Waals surface area contributed by atoms with Crippen LogP contribution in [0.2, 0.25) is 0 Å². The van der Waals surface area contributed by atoms with Crippen LogP contribution in [0.1, 0.15) is 74.7 Å². The second-order valence-corrected chi connectivity index (χ2v) is 10.1. The summed E-state index contributed by atoms with van der Waals surface area (Å²) in [5.74, 6) is -1.69. The zero-order valence-electron chi connectivity index (χ0n) is 19.4. The van der Waals surface area contributed by atoms with Crippen LogP contribution < -0.4 is 5.73 Å². The minimum absolute atomic E-state index is 0.0704.